The minimum absolute atomic E-state index is 0.391. The minimum Gasteiger partial charge on any atom is -0.480 e. The highest BCUT2D eigenvalue weighted by atomic mass is 16.5. The molecule has 0 radical (unpaired) electrons. The zero-order valence-electron chi connectivity index (χ0n) is 12.8. The highest BCUT2D eigenvalue weighted by Crippen LogP contribution is 2.04. The molecule has 0 rings (SSSR count). The fourth-order valence-corrected chi connectivity index (χ4v) is 1.35. The van der Waals surface area contributed by atoms with Crippen LogP contribution in [0.25, 0.3) is 0 Å². The van der Waals surface area contributed by atoms with Crippen LogP contribution in [0.5, 0.6) is 0 Å². The molecule has 0 heterocycles. The van der Waals surface area contributed by atoms with Crippen molar-refractivity contribution in [2.45, 2.75) is 33.2 Å². The molecule has 20 heavy (non-hydrogen) atoms. The van der Waals surface area contributed by atoms with Gasteiger partial charge in [0.25, 0.3) is 0 Å². The summed E-state index contributed by atoms with van der Waals surface area (Å²) < 4.78 is 10.4. The van der Waals surface area contributed by atoms with Gasteiger partial charge in [-0.25, -0.2) is 9.59 Å². The lowest BCUT2D eigenvalue weighted by molar-refractivity contribution is -0.143. The normalized spacial score (nSPS) is 11.2. The number of rotatable bonds is 10. The highest BCUT2D eigenvalue weighted by Gasteiger charge is 2.30. The zero-order valence-corrected chi connectivity index (χ0v) is 12.8. The summed E-state index contributed by atoms with van der Waals surface area (Å²) >= 11 is 0. The van der Waals surface area contributed by atoms with E-state index in [1.165, 1.54) is 18.7 Å². The van der Waals surface area contributed by atoms with Gasteiger partial charge in [0.05, 0.1) is 13.2 Å². The topological polar surface area (TPSA) is 88.1 Å². The van der Waals surface area contributed by atoms with Crippen molar-refractivity contribution in [2.75, 3.05) is 39.5 Å². The second kappa shape index (κ2) is 9.55. The number of carboxylic acid groups (broad SMARTS) is 1. The molecular formula is C13H26N2O5. The van der Waals surface area contributed by atoms with Crippen LogP contribution in [0.2, 0.25) is 0 Å². The summed E-state index contributed by atoms with van der Waals surface area (Å²) in [5.41, 5.74) is -1.31. The number of amides is 2. The van der Waals surface area contributed by atoms with E-state index in [0.29, 0.717) is 39.5 Å². The van der Waals surface area contributed by atoms with Gasteiger partial charge in [0.15, 0.2) is 0 Å². The van der Waals surface area contributed by atoms with Gasteiger partial charge in [0, 0.05) is 26.3 Å². The summed E-state index contributed by atoms with van der Waals surface area (Å²) in [6.07, 6.45) is 0. The molecule has 2 amide bonds. The van der Waals surface area contributed by atoms with Crippen LogP contribution in [0.3, 0.4) is 0 Å². The molecule has 0 atom stereocenters. The summed E-state index contributed by atoms with van der Waals surface area (Å²) in [5, 5.41) is 11.5. The first-order valence-corrected chi connectivity index (χ1v) is 6.81. The number of nitrogens with zero attached hydrogens (tertiary/aromatic N) is 1. The zero-order chi connectivity index (χ0) is 15.6. The largest absolute Gasteiger partial charge is 0.480 e. The Morgan fingerprint density at radius 3 is 1.90 bits per heavy atom. The van der Waals surface area contributed by atoms with Gasteiger partial charge in [-0.2, -0.15) is 0 Å². The van der Waals surface area contributed by atoms with Crippen molar-refractivity contribution in [1.29, 1.82) is 0 Å². The second-order valence-corrected chi connectivity index (χ2v) is 4.74. The van der Waals surface area contributed by atoms with Crippen molar-refractivity contribution in [1.82, 2.24) is 10.2 Å². The summed E-state index contributed by atoms with van der Waals surface area (Å²) in [4.78, 5) is 24.6. The van der Waals surface area contributed by atoms with Gasteiger partial charge in [-0.3, -0.25) is 0 Å². The number of nitrogens with one attached hydrogen (secondary N) is 1. The first-order chi connectivity index (χ1) is 9.35. The molecule has 0 aliphatic rings. The second-order valence-electron chi connectivity index (χ2n) is 4.74. The molecule has 0 bridgehead atoms. The van der Waals surface area contributed by atoms with E-state index >= 15 is 0 Å². The van der Waals surface area contributed by atoms with Crippen LogP contribution in [0.1, 0.15) is 27.7 Å². The van der Waals surface area contributed by atoms with E-state index in [4.69, 9.17) is 14.6 Å². The predicted molar refractivity (Wildman–Crippen MR) is 74.8 cm³/mol. The van der Waals surface area contributed by atoms with Gasteiger partial charge in [-0.15, -0.1) is 0 Å². The van der Waals surface area contributed by atoms with Gasteiger partial charge in [0.1, 0.15) is 5.54 Å². The van der Waals surface area contributed by atoms with Gasteiger partial charge < -0.3 is 24.8 Å². The van der Waals surface area contributed by atoms with Gasteiger partial charge >= 0.3 is 12.0 Å². The molecule has 0 aromatic heterocycles. The van der Waals surface area contributed by atoms with Crippen LogP contribution in [0.4, 0.5) is 4.79 Å². The average Bonchev–Trinajstić information content (AvgIpc) is 2.36. The van der Waals surface area contributed by atoms with Crippen LogP contribution < -0.4 is 5.32 Å². The van der Waals surface area contributed by atoms with Crippen LogP contribution in [0, 0.1) is 0 Å². The van der Waals surface area contributed by atoms with Crippen LogP contribution >= 0.6 is 0 Å². The molecule has 0 aliphatic carbocycles. The summed E-state index contributed by atoms with van der Waals surface area (Å²) in [6, 6.07) is -0.434. The third kappa shape index (κ3) is 7.30. The highest BCUT2D eigenvalue weighted by molar-refractivity contribution is 5.85. The molecule has 0 spiro atoms. The maximum Gasteiger partial charge on any atom is 0.328 e. The molecule has 0 saturated heterocycles. The molecule has 0 aliphatic heterocycles. The number of hydrogen-bond acceptors (Lipinski definition) is 4. The fourth-order valence-electron chi connectivity index (χ4n) is 1.35. The number of aliphatic carboxylic acids is 1. The lowest BCUT2D eigenvalue weighted by atomic mass is 10.1. The van der Waals surface area contributed by atoms with Crippen LogP contribution in [-0.2, 0) is 14.3 Å². The summed E-state index contributed by atoms with van der Waals surface area (Å²) in [7, 11) is 0. The quantitative estimate of drug-likeness (QED) is 0.584. The maximum absolute atomic E-state index is 12.1. The number of urea groups is 1. The Labute approximate surface area is 120 Å². The third-order valence-electron chi connectivity index (χ3n) is 2.66. The third-order valence-corrected chi connectivity index (χ3v) is 2.66. The van der Waals surface area contributed by atoms with Crippen LogP contribution in [0.15, 0.2) is 0 Å². The van der Waals surface area contributed by atoms with Gasteiger partial charge in [-0.05, 0) is 27.7 Å². The molecule has 2 N–H and O–H groups in total. The van der Waals surface area contributed by atoms with Crippen LogP contribution in [-0.4, -0.2) is 67.1 Å². The monoisotopic (exact) mass is 290 g/mol. The molecule has 0 fully saturated rings. The lowest BCUT2D eigenvalue weighted by Crippen LogP contribution is -2.55. The molecule has 0 aromatic rings. The molecule has 7 heteroatoms. The number of hydrogen-bond donors (Lipinski definition) is 2. The minimum atomic E-state index is -1.31. The van der Waals surface area contributed by atoms with E-state index in [2.05, 4.69) is 5.32 Å². The SMILES string of the molecule is CCOCCN(CCOCC)C(=O)NC(C)(C)C(=O)O. The Kier molecular flexibility index (Phi) is 8.91. The molecule has 0 saturated carbocycles. The molecule has 7 nitrogen and oxygen atoms in total. The Morgan fingerprint density at radius 1 is 1.10 bits per heavy atom. The fraction of sp³-hybridized carbons (Fsp3) is 0.846. The van der Waals surface area contributed by atoms with Crippen molar-refractivity contribution >= 4 is 12.0 Å². The van der Waals surface area contributed by atoms with E-state index < -0.39 is 17.5 Å². The van der Waals surface area contributed by atoms with E-state index in [9.17, 15) is 9.59 Å². The Hall–Kier alpha value is -1.34. The molecule has 118 valence electrons. The smallest absolute Gasteiger partial charge is 0.328 e. The van der Waals surface area contributed by atoms with Crippen molar-refractivity contribution in [3.63, 3.8) is 0 Å². The number of carbonyl (C=O) groups is 2. The van der Waals surface area contributed by atoms with Crippen molar-refractivity contribution < 1.29 is 24.2 Å². The van der Waals surface area contributed by atoms with E-state index in [1.54, 1.807) is 0 Å². The first kappa shape index (κ1) is 18.7. The van der Waals surface area contributed by atoms with Gasteiger partial charge in [0.2, 0.25) is 0 Å². The first-order valence-electron chi connectivity index (χ1n) is 6.81. The van der Waals surface area contributed by atoms with Gasteiger partial charge in [-0.1, -0.05) is 0 Å². The molecular weight excluding hydrogens is 264 g/mol. The van der Waals surface area contributed by atoms with Crippen molar-refractivity contribution in [3.8, 4) is 0 Å². The Morgan fingerprint density at radius 2 is 1.55 bits per heavy atom. The van der Waals surface area contributed by atoms with E-state index in [0.717, 1.165) is 0 Å². The van der Waals surface area contributed by atoms with Crippen molar-refractivity contribution in [2.24, 2.45) is 0 Å². The van der Waals surface area contributed by atoms with E-state index in [1.807, 2.05) is 13.8 Å². The standard InChI is InChI=1S/C13H26N2O5/c1-5-19-9-7-15(8-10-20-6-2)12(18)14-13(3,4)11(16)17/h5-10H2,1-4H3,(H,14,18)(H,16,17). The predicted octanol–water partition coefficient (Wildman–Crippen LogP) is 0.934. The molecule has 0 unspecified atom stereocenters. The summed E-state index contributed by atoms with van der Waals surface area (Å²) in [6.45, 7) is 9.37. The average molecular weight is 290 g/mol. The van der Waals surface area contributed by atoms with Crippen molar-refractivity contribution in [3.05, 3.63) is 0 Å². The Bertz CT molecular complexity index is 297. The summed E-state index contributed by atoms with van der Waals surface area (Å²) in [5.74, 6) is -1.08. The number of ether oxygens (including phenoxy) is 2. The molecule has 0 aromatic carbocycles. The Balaban J connectivity index is 4.48. The van der Waals surface area contributed by atoms with E-state index in [-0.39, 0.29) is 0 Å². The number of carbonyl (C=O) groups excluding carboxylic acids is 1. The maximum atomic E-state index is 12.1. The lowest BCUT2D eigenvalue weighted by Gasteiger charge is -2.28. The number of carboxylic acids is 1.